The Bertz CT molecular complexity index is 2470. The van der Waals surface area contributed by atoms with Crippen LogP contribution < -0.4 is 0 Å². The van der Waals surface area contributed by atoms with Gasteiger partial charge in [0.25, 0.3) is 0 Å². The molecule has 9 rings (SSSR count). The zero-order valence-corrected chi connectivity index (χ0v) is 24.1. The summed E-state index contributed by atoms with van der Waals surface area (Å²) in [4.78, 5) is 0. The van der Waals surface area contributed by atoms with Crippen LogP contribution in [0.15, 0.2) is 170 Å². The van der Waals surface area contributed by atoms with Gasteiger partial charge in [0.1, 0.15) is 0 Å². The summed E-state index contributed by atoms with van der Waals surface area (Å²) in [6.45, 7) is 0. The first-order chi connectivity index (χ1) is 21.8. The average Bonchev–Trinajstić information content (AvgIpc) is 3.61. The van der Waals surface area contributed by atoms with Crippen LogP contribution in [0.25, 0.3) is 77.2 Å². The molecule has 0 aliphatic carbocycles. The molecule has 0 aliphatic heterocycles. The lowest BCUT2D eigenvalue weighted by molar-refractivity contribution is 1.18. The van der Waals surface area contributed by atoms with Crippen LogP contribution in [0.1, 0.15) is 0 Å². The average molecular weight is 561 g/mol. The highest BCUT2D eigenvalue weighted by Gasteiger charge is 2.16. The van der Waals surface area contributed by atoms with E-state index in [1.165, 1.54) is 77.2 Å². The number of fused-ring (bicyclic) bond motifs is 6. The van der Waals surface area contributed by atoms with E-state index in [9.17, 15) is 0 Å². The van der Waals surface area contributed by atoms with E-state index in [-0.39, 0.29) is 0 Å². The van der Waals surface area contributed by atoms with E-state index in [2.05, 4.69) is 179 Å². The smallest absolute Gasteiger partial charge is 0.0547 e. The van der Waals surface area contributed by atoms with Crippen molar-refractivity contribution in [1.29, 1.82) is 0 Å². The third kappa shape index (κ3) is 3.82. The van der Waals surface area contributed by atoms with E-state index in [1.54, 1.807) is 0 Å². The molecular weight excluding hydrogens is 532 g/mol. The third-order valence-electron chi connectivity index (χ3n) is 8.91. The van der Waals surface area contributed by atoms with Crippen LogP contribution in [0.5, 0.6) is 0 Å². The molecule has 0 N–H and O–H groups in total. The summed E-state index contributed by atoms with van der Waals surface area (Å²) in [6, 6.07) is 61.4. The summed E-state index contributed by atoms with van der Waals surface area (Å²) in [5.74, 6) is 0. The Kier molecular flexibility index (Phi) is 5.54. The summed E-state index contributed by atoms with van der Waals surface area (Å²) in [6.07, 6.45) is 0. The second-order valence-corrected chi connectivity index (χ2v) is 11.4. The van der Waals surface area contributed by atoms with E-state index in [4.69, 9.17) is 0 Å². The maximum atomic E-state index is 2.40. The topological polar surface area (TPSA) is 9.86 Å². The van der Waals surface area contributed by atoms with E-state index in [0.717, 1.165) is 0 Å². The number of nitrogens with zero attached hydrogens (tertiary/aromatic N) is 2. The minimum absolute atomic E-state index is 1.17. The molecule has 0 radical (unpaired) electrons. The van der Waals surface area contributed by atoms with Gasteiger partial charge in [0.15, 0.2) is 0 Å². The summed E-state index contributed by atoms with van der Waals surface area (Å²) < 4.78 is 4.77. The SMILES string of the molecule is c1ccc(-c2ccc3c4cc(-c5ccc6c(c5)c5ccccc5n6-c5ccccc5)ccc4n(-c4ccccc4)c3c2)cc1. The summed E-state index contributed by atoms with van der Waals surface area (Å²) >= 11 is 0. The Morgan fingerprint density at radius 3 is 1.30 bits per heavy atom. The van der Waals surface area contributed by atoms with Crippen molar-refractivity contribution in [2.75, 3.05) is 0 Å². The van der Waals surface area contributed by atoms with Crippen LogP contribution in [0.2, 0.25) is 0 Å². The molecule has 0 spiro atoms. The van der Waals surface area contributed by atoms with Gasteiger partial charge in [-0.15, -0.1) is 0 Å². The first kappa shape index (κ1) is 24.7. The van der Waals surface area contributed by atoms with Crippen LogP contribution in [0.4, 0.5) is 0 Å². The van der Waals surface area contributed by atoms with Crippen LogP contribution in [-0.2, 0) is 0 Å². The molecule has 0 atom stereocenters. The molecule has 0 saturated carbocycles. The Hall–Kier alpha value is -5.86. The van der Waals surface area contributed by atoms with E-state index >= 15 is 0 Å². The van der Waals surface area contributed by atoms with E-state index in [0.29, 0.717) is 0 Å². The molecule has 44 heavy (non-hydrogen) atoms. The fourth-order valence-electron chi connectivity index (χ4n) is 6.87. The van der Waals surface area contributed by atoms with Crippen LogP contribution in [0, 0.1) is 0 Å². The maximum absolute atomic E-state index is 2.40. The van der Waals surface area contributed by atoms with Gasteiger partial charge >= 0.3 is 0 Å². The van der Waals surface area contributed by atoms with Crippen molar-refractivity contribution in [2.45, 2.75) is 0 Å². The standard InChI is InChI=1S/C42H28N2/c1-4-12-29(13-5-1)32-20-23-36-38-27-31(22-25-41(38)44(42(36)28-32)34-16-8-3-9-17-34)30-21-24-40-37(26-30)35-18-10-11-19-39(35)43(40)33-14-6-2-7-15-33/h1-28H. The van der Waals surface area contributed by atoms with E-state index in [1.807, 2.05) is 0 Å². The number of rotatable bonds is 4. The number of benzene rings is 7. The number of para-hydroxylation sites is 3. The van der Waals surface area contributed by atoms with Crippen molar-refractivity contribution in [2.24, 2.45) is 0 Å². The molecule has 2 heterocycles. The molecule has 7 aromatic carbocycles. The van der Waals surface area contributed by atoms with Gasteiger partial charge < -0.3 is 9.13 Å². The van der Waals surface area contributed by atoms with Crippen molar-refractivity contribution in [1.82, 2.24) is 9.13 Å². The van der Waals surface area contributed by atoms with Gasteiger partial charge in [-0.2, -0.15) is 0 Å². The lowest BCUT2D eigenvalue weighted by Crippen LogP contribution is -1.93. The minimum atomic E-state index is 1.17. The molecule has 2 heteroatoms. The van der Waals surface area contributed by atoms with Crippen molar-refractivity contribution in [3.63, 3.8) is 0 Å². The van der Waals surface area contributed by atoms with Crippen molar-refractivity contribution in [3.05, 3.63) is 170 Å². The van der Waals surface area contributed by atoms with Crippen LogP contribution in [-0.4, -0.2) is 9.13 Å². The fraction of sp³-hybridized carbons (Fsp3) is 0. The highest BCUT2D eigenvalue weighted by Crippen LogP contribution is 2.39. The second kappa shape index (κ2) is 9.86. The first-order valence-electron chi connectivity index (χ1n) is 15.1. The Morgan fingerprint density at radius 1 is 0.250 bits per heavy atom. The molecule has 0 aliphatic rings. The van der Waals surface area contributed by atoms with Crippen molar-refractivity contribution in [3.8, 4) is 33.6 Å². The quantitative estimate of drug-likeness (QED) is 0.203. The summed E-state index contributed by atoms with van der Waals surface area (Å²) in [7, 11) is 0. The van der Waals surface area contributed by atoms with Crippen LogP contribution >= 0.6 is 0 Å². The Balaban J connectivity index is 1.26. The Morgan fingerprint density at radius 2 is 0.682 bits per heavy atom. The summed E-state index contributed by atoms with van der Waals surface area (Å²) in [5.41, 5.74) is 12.1. The molecule has 2 aromatic heterocycles. The predicted molar refractivity (Wildman–Crippen MR) is 186 cm³/mol. The van der Waals surface area contributed by atoms with Crippen LogP contribution in [0.3, 0.4) is 0 Å². The lowest BCUT2D eigenvalue weighted by Gasteiger charge is -2.09. The van der Waals surface area contributed by atoms with Gasteiger partial charge in [-0.3, -0.25) is 0 Å². The third-order valence-corrected chi connectivity index (χ3v) is 8.91. The van der Waals surface area contributed by atoms with Gasteiger partial charge in [-0.1, -0.05) is 109 Å². The second-order valence-electron chi connectivity index (χ2n) is 11.4. The van der Waals surface area contributed by atoms with Gasteiger partial charge in [-0.25, -0.2) is 0 Å². The van der Waals surface area contributed by atoms with Gasteiger partial charge in [0.05, 0.1) is 22.1 Å². The Labute approximate surface area is 255 Å². The van der Waals surface area contributed by atoms with Gasteiger partial charge in [0.2, 0.25) is 0 Å². The molecule has 0 fully saturated rings. The zero-order valence-electron chi connectivity index (χ0n) is 24.1. The lowest BCUT2D eigenvalue weighted by atomic mass is 9.99. The highest BCUT2D eigenvalue weighted by molar-refractivity contribution is 6.13. The maximum Gasteiger partial charge on any atom is 0.0547 e. The minimum Gasteiger partial charge on any atom is -0.309 e. The number of hydrogen-bond donors (Lipinski definition) is 0. The monoisotopic (exact) mass is 560 g/mol. The molecule has 0 bridgehead atoms. The molecule has 206 valence electrons. The van der Waals surface area contributed by atoms with Gasteiger partial charge in [-0.05, 0) is 82.9 Å². The van der Waals surface area contributed by atoms with Gasteiger partial charge in [0, 0.05) is 32.9 Å². The molecule has 2 nitrogen and oxygen atoms in total. The summed E-state index contributed by atoms with van der Waals surface area (Å²) in [5, 5.41) is 5.05. The molecule has 0 amide bonds. The van der Waals surface area contributed by atoms with E-state index < -0.39 is 0 Å². The fourth-order valence-corrected chi connectivity index (χ4v) is 6.87. The number of aromatic nitrogens is 2. The molecule has 0 saturated heterocycles. The molecular formula is C42H28N2. The molecule has 0 unspecified atom stereocenters. The largest absolute Gasteiger partial charge is 0.309 e. The predicted octanol–water partition coefficient (Wildman–Crippen LogP) is 11.2. The molecule has 9 aromatic rings. The van der Waals surface area contributed by atoms with Crippen molar-refractivity contribution < 1.29 is 0 Å². The number of hydrogen-bond acceptors (Lipinski definition) is 0. The normalized spacial score (nSPS) is 11.6. The first-order valence-corrected chi connectivity index (χ1v) is 15.1. The highest BCUT2D eigenvalue weighted by atomic mass is 15.0. The van der Waals surface area contributed by atoms with Crippen molar-refractivity contribution >= 4 is 43.6 Å². The zero-order chi connectivity index (χ0) is 29.0.